The second-order valence-corrected chi connectivity index (χ2v) is 1.44. The zero-order valence-electron chi connectivity index (χ0n) is 6.03. The molecule has 5 nitrogen and oxygen atoms in total. The smallest absolute Gasteiger partial charge is 0.207 e. The van der Waals surface area contributed by atoms with Crippen LogP contribution in [-0.2, 0) is 4.79 Å². The van der Waals surface area contributed by atoms with E-state index < -0.39 is 0 Å². The Balaban J connectivity index is 3.73. The number of amides is 1. The number of rotatable bonds is 3. The molecule has 0 heterocycles. The number of nitrogens with one attached hydrogen (secondary N) is 1. The number of carbonyl (C=O) groups excluding carboxylic acids is 1. The molecule has 5 heteroatoms. The largest absolute Gasteiger partial charge is 0.351 e. The highest BCUT2D eigenvalue weighted by Gasteiger charge is 1.90. The molecule has 1 N–H and O–H groups in total. The Hall–Kier alpha value is -1.26. The second kappa shape index (κ2) is 5.87. The van der Waals surface area contributed by atoms with Crippen LogP contribution in [0.25, 0.3) is 0 Å². The maximum Gasteiger partial charge on any atom is 0.207 e. The molecule has 0 aromatic heterocycles. The molecule has 0 radical (unpaired) electrons. The van der Waals surface area contributed by atoms with Gasteiger partial charge in [-0.25, -0.2) is 0 Å². The van der Waals surface area contributed by atoms with E-state index >= 15 is 0 Å². The quantitative estimate of drug-likeness (QED) is 0.253. The number of azo groups is 1. The third-order valence-electron chi connectivity index (χ3n) is 0.817. The summed E-state index contributed by atoms with van der Waals surface area (Å²) in [5.74, 6) is 0.509. The summed E-state index contributed by atoms with van der Waals surface area (Å²) < 4.78 is 0. The molecule has 0 aliphatic heterocycles. The first-order chi connectivity index (χ1) is 4.85. The molecule has 0 aliphatic rings. The van der Waals surface area contributed by atoms with Crippen LogP contribution in [0.2, 0.25) is 0 Å². The number of nitrogens with zero attached hydrogens (tertiary/aromatic N) is 3. The van der Waals surface area contributed by atoms with Gasteiger partial charge in [0.1, 0.15) is 0 Å². The lowest BCUT2D eigenvalue weighted by Crippen LogP contribution is -2.19. The van der Waals surface area contributed by atoms with Crippen molar-refractivity contribution in [3.05, 3.63) is 0 Å². The van der Waals surface area contributed by atoms with Crippen LogP contribution in [0.5, 0.6) is 0 Å². The number of hydrogen-bond donors (Lipinski definition) is 1. The van der Waals surface area contributed by atoms with Gasteiger partial charge in [-0.15, -0.1) is 5.11 Å². The molecular formula is C5H10N4O. The fraction of sp³-hybridized carbons (Fsp3) is 0.600. The van der Waals surface area contributed by atoms with Gasteiger partial charge in [-0.2, -0.15) is 5.11 Å². The molecule has 0 bridgehead atoms. The van der Waals surface area contributed by atoms with Crippen molar-refractivity contribution in [3.8, 4) is 0 Å². The van der Waals surface area contributed by atoms with E-state index in [1.54, 1.807) is 14.1 Å². The zero-order valence-corrected chi connectivity index (χ0v) is 6.03. The summed E-state index contributed by atoms with van der Waals surface area (Å²) >= 11 is 0. The lowest BCUT2D eigenvalue weighted by molar-refractivity contribution is -0.109. The van der Waals surface area contributed by atoms with Crippen molar-refractivity contribution in [1.82, 2.24) is 5.32 Å². The molecule has 0 fully saturated rings. The maximum atomic E-state index is 9.79. The summed E-state index contributed by atoms with van der Waals surface area (Å²) in [5, 5.41) is 9.55. The normalized spacial score (nSPS) is 12.0. The maximum absolute atomic E-state index is 9.79. The summed E-state index contributed by atoms with van der Waals surface area (Å²) in [6.45, 7) is 0.331. The molecule has 56 valence electrons. The van der Waals surface area contributed by atoms with E-state index in [1.165, 1.54) is 0 Å². The minimum absolute atomic E-state index is 0.331. The van der Waals surface area contributed by atoms with E-state index in [0.29, 0.717) is 18.8 Å². The van der Waals surface area contributed by atoms with Crippen molar-refractivity contribution in [2.24, 2.45) is 15.2 Å². The van der Waals surface area contributed by atoms with Crippen LogP contribution in [0.1, 0.15) is 0 Å². The van der Waals surface area contributed by atoms with Gasteiger partial charge in [-0.05, 0) is 0 Å². The summed E-state index contributed by atoms with van der Waals surface area (Å²) in [6.07, 6.45) is 0.594. The Kier molecular flexibility index (Phi) is 5.13. The summed E-state index contributed by atoms with van der Waals surface area (Å²) in [6, 6.07) is 0. The molecule has 0 rings (SSSR count). The molecule has 0 saturated heterocycles. The van der Waals surface area contributed by atoms with Gasteiger partial charge in [0.25, 0.3) is 0 Å². The number of carbonyl (C=O) groups is 1. The van der Waals surface area contributed by atoms with Crippen LogP contribution in [-0.4, -0.2) is 32.9 Å². The highest BCUT2D eigenvalue weighted by Crippen LogP contribution is 1.77. The van der Waals surface area contributed by atoms with E-state index in [4.69, 9.17) is 0 Å². The van der Waals surface area contributed by atoms with Crippen molar-refractivity contribution in [2.75, 3.05) is 20.6 Å². The van der Waals surface area contributed by atoms with Gasteiger partial charge in [-0.3, -0.25) is 9.79 Å². The minimum Gasteiger partial charge on any atom is -0.351 e. The van der Waals surface area contributed by atoms with E-state index in [9.17, 15) is 4.79 Å². The molecule has 0 aromatic rings. The zero-order chi connectivity index (χ0) is 7.82. The van der Waals surface area contributed by atoms with E-state index in [-0.39, 0.29) is 0 Å². The Morgan fingerprint density at radius 1 is 1.60 bits per heavy atom. The Labute approximate surface area is 59.3 Å². The lowest BCUT2D eigenvalue weighted by Gasteiger charge is -1.93. The van der Waals surface area contributed by atoms with Gasteiger partial charge < -0.3 is 5.32 Å². The highest BCUT2D eigenvalue weighted by molar-refractivity contribution is 5.85. The molecule has 1 amide bonds. The van der Waals surface area contributed by atoms with Gasteiger partial charge in [-0.1, -0.05) is 0 Å². The van der Waals surface area contributed by atoms with Gasteiger partial charge in [0.2, 0.25) is 6.41 Å². The number of amidine groups is 1. The average molecular weight is 142 g/mol. The SMILES string of the molecule is CN=NC(CNC=O)=NC. The standard InChI is InChI=1S/C5H10N4O/c1-6-5(9-7-2)3-8-4-10/h4H,3H2,1-2H3,(H,8,10). The van der Waals surface area contributed by atoms with Crippen LogP contribution in [0.4, 0.5) is 0 Å². The monoisotopic (exact) mass is 142 g/mol. The van der Waals surface area contributed by atoms with Gasteiger partial charge in [0, 0.05) is 14.1 Å². The van der Waals surface area contributed by atoms with Crippen molar-refractivity contribution < 1.29 is 4.79 Å². The van der Waals surface area contributed by atoms with Crippen LogP contribution >= 0.6 is 0 Å². The van der Waals surface area contributed by atoms with Gasteiger partial charge >= 0.3 is 0 Å². The predicted octanol–water partition coefficient (Wildman–Crippen LogP) is -0.157. The van der Waals surface area contributed by atoms with Crippen LogP contribution in [0.3, 0.4) is 0 Å². The Bertz CT molecular complexity index is 152. The Morgan fingerprint density at radius 3 is 2.70 bits per heavy atom. The fourth-order valence-electron chi connectivity index (χ4n) is 0.408. The molecule has 0 unspecified atom stereocenters. The predicted molar refractivity (Wildman–Crippen MR) is 38.2 cm³/mol. The van der Waals surface area contributed by atoms with Crippen LogP contribution in [0.15, 0.2) is 15.2 Å². The molecule has 0 aromatic carbocycles. The Morgan fingerprint density at radius 2 is 2.30 bits per heavy atom. The molecule has 0 saturated carbocycles. The van der Waals surface area contributed by atoms with Gasteiger partial charge in [0.15, 0.2) is 5.84 Å². The van der Waals surface area contributed by atoms with Crippen molar-refractivity contribution in [1.29, 1.82) is 0 Å². The fourth-order valence-corrected chi connectivity index (χ4v) is 0.408. The van der Waals surface area contributed by atoms with Crippen molar-refractivity contribution >= 4 is 12.2 Å². The van der Waals surface area contributed by atoms with Gasteiger partial charge in [0.05, 0.1) is 6.54 Å². The average Bonchev–Trinajstić information content (AvgIpc) is 1.98. The first-order valence-corrected chi connectivity index (χ1v) is 2.77. The van der Waals surface area contributed by atoms with Crippen molar-refractivity contribution in [3.63, 3.8) is 0 Å². The van der Waals surface area contributed by atoms with Crippen LogP contribution in [0, 0.1) is 0 Å². The molecule has 0 aliphatic carbocycles. The van der Waals surface area contributed by atoms with Crippen LogP contribution < -0.4 is 5.32 Å². The van der Waals surface area contributed by atoms with Crippen molar-refractivity contribution in [2.45, 2.75) is 0 Å². The minimum atomic E-state index is 0.331. The summed E-state index contributed by atoms with van der Waals surface area (Å²) in [7, 11) is 3.14. The number of hydrogen-bond acceptors (Lipinski definition) is 3. The van der Waals surface area contributed by atoms with E-state index in [1.807, 2.05) is 0 Å². The summed E-state index contributed by atoms with van der Waals surface area (Å²) in [5.41, 5.74) is 0. The van der Waals surface area contributed by atoms with E-state index in [0.717, 1.165) is 0 Å². The van der Waals surface area contributed by atoms with E-state index in [2.05, 4.69) is 20.5 Å². The molecule has 0 spiro atoms. The second-order valence-electron chi connectivity index (χ2n) is 1.44. The molecule has 0 atom stereocenters. The topological polar surface area (TPSA) is 66.2 Å². The molecule has 10 heavy (non-hydrogen) atoms. The highest BCUT2D eigenvalue weighted by atomic mass is 16.1. The first kappa shape index (κ1) is 8.74. The molecular weight excluding hydrogens is 132 g/mol. The third kappa shape index (κ3) is 3.71. The first-order valence-electron chi connectivity index (χ1n) is 2.77. The lowest BCUT2D eigenvalue weighted by atomic mass is 10.6. The third-order valence-corrected chi connectivity index (χ3v) is 0.817. The summed E-state index contributed by atoms with van der Waals surface area (Å²) in [4.78, 5) is 13.5. The number of aliphatic imine (C=N–C) groups is 1.